The molecule has 3 aromatic heterocycles. The van der Waals surface area contributed by atoms with Gasteiger partial charge in [0.15, 0.2) is 5.82 Å². The average molecular weight is 722 g/mol. The van der Waals surface area contributed by atoms with Crippen LogP contribution in [0.1, 0.15) is 74.5 Å². The van der Waals surface area contributed by atoms with Gasteiger partial charge in [0.25, 0.3) is 0 Å². The molecule has 2 fully saturated rings. The van der Waals surface area contributed by atoms with E-state index in [1.54, 1.807) is 6.20 Å². The minimum absolute atomic E-state index is 0.0466. The molecule has 16 heteroatoms. The number of hydrogen-bond donors (Lipinski definition) is 5. The topological polar surface area (TPSA) is 209 Å². The first-order valence-corrected chi connectivity index (χ1v) is 18.0. The number of likely N-dealkylation sites (tertiary alicyclic amines) is 1. The number of nitrogens with zero attached hydrogens (tertiary/aromatic N) is 6. The molecule has 2 aliphatic rings. The predicted octanol–water partition coefficient (Wildman–Crippen LogP) is 4.42. The third-order valence-corrected chi connectivity index (χ3v) is 9.78. The molecule has 0 spiro atoms. The number of tetrazole rings is 1. The number of carbonyl (C=O) groups is 3. The highest BCUT2D eigenvalue weighted by molar-refractivity contribution is 5.86. The van der Waals surface area contributed by atoms with Crippen LogP contribution in [0, 0.1) is 0 Å². The number of ether oxygens (including phenoxy) is 2. The van der Waals surface area contributed by atoms with Crippen LogP contribution in [0.3, 0.4) is 0 Å². The zero-order valence-corrected chi connectivity index (χ0v) is 29.5. The van der Waals surface area contributed by atoms with Crippen LogP contribution in [0.2, 0.25) is 0 Å². The number of amides is 3. The zero-order chi connectivity index (χ0) is 36.6. The molecule has 5 N–H and O–H groups in total. The number of imidazole rings is 2. The summed E-state index contributed by atoms with van der Waals surface area (Å²) >= 11 is 0. The lowest BCUT2D eigenvalue weighted by Crippen LogP contribution is -2.48. The van der Waals surface area contributed by atoms with Gasteiger partial charge in [-0.15, -0.1) is 10.2 Å². The first kappa shape index (κ1) is 35.5. The van der Waals surface area contributed by atoms with Gasteiger partial charge in [-0.3, -0.25) is 9.59 Å². The van der Waals surface area contributed by atoms with Crippen LogP contribution < -0.4 is 10.6 Å². The SMILES string of the molecule is COC(=O)N[C@H]1CCCCCOCC[C@@H](c2ncc(-c3ccc(-c4ccc(-c5cnc([C@@H]6CCCN6C(=O)Cc6nn[nH]n6)[nH]5)cc4)cc3)[nH]2)NC1=O. The van der Waals surface area contributed by atoms with Crippen LogP contribution in [0.25, 0.3) is 33.6 Å². The minimum Gasteiger partial charge on any atom is -0.453 e. The number of aromatic amines is 3. The van der Waals surface area contributed by atoms with Gasteiger partial charge in [-0.2, -0.15) is 5.21 Å². The summed E-state index contributed by atoms with van der Waals surface area (Å²) in [6.07, 6.45) is 8.39. The summed E-state index contributed by atoms with van der Waals surface area (Å²) < 4.78 is 10.6. The number of benzene rings is 2. The van der Waals surface area contributed by atoms with E-state index in [1.165, 1.54) is 7.11 Å². The summed E-state index contributed by atoms with van der Waals surface area (Å²) in [5.74, 6) is 1.43. The minimum atomic E-state index is -0.701. The predicted molar refractivity (Wildman–Crippen MR) is 193 cm³/mol. The largest absolute Gasteiger partial charge is 0.453 e. The number of nitrogens with one attached hydrogen (secondary N) is 5. The fourth-order valence-corrected chi connectivity index (χ4v) is 6.89. The molecular formula is C37H43N11O5. The van der Waals surface area contributed by atoms with Crippen molar-refractivity contribution < 1.29 is 23.9 Å². The highest BCUT2D eigenvalue weighted by Gasteiger charge is 2.32. The monoisotopic (exact) mass is 721 g/mol. The van der Waals surface area contributed by atoms with E-state index in [-0.39, 0.29) is 24.3 Å². The fraction of sp³-hybridized carbons (Fsp3) is 0.405. The van der Waals surface area contributed by atoms with Crippen molar-refractivity contribution in [1.29, 1.82) is 0 Å². The molecule has 3 atom stereocenters. The van der Waals surface area contributed by atoms with Gasteiger partial charge < -0.3 is 35.0 Å². The number of hydrogen-bond acceptors (Lipinski definition) is 10. The Labute approximate surface area is 305 Å². The second kappa shape index (κ2) is 16.6. The highest BCUT2D eigenvalue weighted by Crippen LogP contribution is 2.33. The van der Waals surface area contributed by atoms with E-state index in [9.17, 15) is 14.4 Å². The normalized spacial score (nSPS) is 19.9. The summed E-state index contributed by atoms with van der Waals surface area (Å²) in [4.78, 5) is 56.1. The van der Waals surface area contributed by atoms with Crippen molar-refractivity contribution in [2.45, 2.75) is 69.5 Å². The van der Waals surface area contributed by atoms with Crippen molar-refractivity contribution in [3.05, 3.63) is 78.4 Å². The lowest BCUT2D eigenvalue weighted by Gasteiger charge is -2.23. The Hall–Kier alpha value is -5.90. The van der Waals surface area contributed by atoms with Gasteiger partial charge in [0.2, 0.25) is 11.8 Å². The Morgan fingerprint density at radius 3 is 2.21 bits per heavy atom. The van der Waals surface area contributed by atoms with Gasteiger partial charge in [0.1, 0.15) is 17.7 Å². The quantitative estimate of drug-likeness (QED) is 0.152. The van der Waals surface area contributed by atoms with Crippen molar-refractivity contribution in [2.24, 2.45) is 0 Å². The summed E-state index contributed by atoms with van der Waals surface area (Å²) in [7, 11) is 1.28. The maximum Gasteiger partial charge on any atom is 0.407 e. The van der Waals surface area contributed by atoms with Crippen molar-refractivity contribution >= 4 is 17.9 Å². The Kier molecular flexibility index (Phi) is 11.1. The first-order valence-electron chi connectivity index (χ1n) is 18.0. The molecular weight excluding hydrogens is 678 g/mol. The highest BCUT2D eigenvalue weighted by atomic mass is 16.5. The van der Waals surface area contributed by atoms with Gasteiger partial charge in [-0.25, -0.2) is 14.8 Å². The van der Waals surface area contributed by atoms with Crippen LogP contribution >= 0.6 is 0 Å². The maximum atomic E-state index is 13.3. The summed E-state index contributed by atoms with van der Waals surface area (Å²) in [6.45, 7) is 1.78. The van der Waals surface area contributed by atoms with E-state index >= 15 is 0 Å². The molecule has 0 radical (unpaired) electrons. The van der Waals surface area contributed by atoms with Gasteiger partial charge >= 0.3 is 6.09 Å². The molecule has 5 heterocycles. The lowest BCUT2D eigenvalue weighted by molar-refractivity contribution is -0.131. The van der Waals surface area contributed by atoms with Crippen LogP contribution in [0.4, 0.5) is 4.79 Å². The fourth-order valence-electron chi connectivity index (χ4n) is 6.89. The second-order valence-electron chi connectivity index (χ2n) is 13.3. The third kappa shape index (κ3) is 8.60. The zero-order valence-electron chi connectivity index (χ0n) is 29.5. The molecule has 7 rings (SSSR count). The summed E-state index contributed by atoms with van der Waals surface area (Å²) in [6, 6.07) is 15.2. The van der Waals surface area contributed by atoms with Crippen LogP contribution in [-0.2, 0) is 25.5 Å². The van der Waals surface area contributed by atoms with Gasteiger partial charge in [-0.05, 0) is 54.4 Å². The molecule has 5 aromatic rings. The van der Waals surface area contributed by atoms with Gasteiger partial charge in [0.05, 0.1) is 49.4 Å². The van der Waals surface area contributed by atoms with Crippen molar-refractivity contribution in [3.63, 3.8) is 0 Å². The second-order valence-corrected chi connectivity index (χ2v) is 13.3. The Morgan fingerprint density at radius 2 is 1.53 bits per heavy atom. The van der Waals surface area contributed by atoms with Crippen LogP contribution in [-0.4, -0.2) is 96.3 Å². The molecule has 0 aliphatic carbocycles. The molecule has 2 aromatic carbocycles. The average Bonchev–Trinajstić information content (AvgIpc) is 4.02. The summed E-state index contributed by atoms with van der Waals surface area (Å²) in [5.41, 5.74) is 5.76. The molecule has 2 aliphatic heterocycles. The molecule has 0 saturated carbocycles. The molecule has 2 saturated heterocycles. The smallest absolute Gasteiger partial charge is 0.407 e. The van der Waals surface area contributed by atoms with E-state index in [1.807, 2.05) is 23.2 Å². The van der Waals surface area contributed by atoms with Crippen molar-refractivity contribution in [3.8, 4) is 33.6 Å². The maximum absolute atomic E-state index is 13.3. The van der Waals surface area contributed by atoms with E-state index in [0.717, 1.165) is 71.6 Å². The molecule has 0 bridgehead atoms. The molecule has 53 heavy (non-hydrogen) atoms. The molecule has 16 nitrogen and oxygen atoms in total. The van der Waals surface area contributed by atoms with Gasteiger partial charge in [-0.1, -0.05) is 66.6 Å². The number of aromatic nitrogens is 8. The standard InChI is InChI=1S/C37H43N11O5/c1-52-37(51)43-28-6-3-2-4-18-53-19-16-27(42-36(28)50)34-38-21-29(40-34)25-12-8-23(9-13-25)24-10-14-26(15-11-24)30-22-39-35(41-30)31-7-5-17-48(31)33(49)20-32-44-46-47-45-32/h8-15,21-22,27-28,31H,2-7,16-20H2,1H3,(H,38,40)(H,39,41)(H,42,50)(H,43,51)(H,44,45,46,47)/t27-,28-,31-/m0/s1. The Balaban J connectivity index is 0.996. The van der Waals surface area contributed by atoms with E-state index in [4.69, 9.17) is 9.47 Å². The number of H-pyrrole nitrogens is 3. The number of rotatable bonds is 8. The molecule has 276 valence electrons. The molecule has 3 amide bonds. The number of alkyl carbamates (subject to hydrolysis) is 1. The van der Waals surface area contributed by atoms with E-state index < -0.39 is 18.2 Å². The number of carbonyl (C=O) groups excluding carboxylic acids is 3. The van der Waals surface area contributed by atoms with E-state index in [0.29, 0.717) is 44.2 Å². The van der Waals surface area contributed by atoms with Crippen molar-refractivity contribution in [1.82, 2.24) is 56.1 Å². The van der Waals surface area contributed by atoms with Crippen LogP contribution in [0.15, 0.2) is 60.9 Å². The summed E-state index contributed by atoms with van der Waals surface area (Å²) in [5, 5.41) is 19.5. The third-order valence-electron chi connectivity index (χ3n) is 9.78. The van der Waals surface area contributed by atoms with Crippen LogP contribution in [0.5, 0.6) is 0 Å². The Morgan fingerprint density at radius 1 is 0.849 bits per heavy atom. The first-order chi connectivity index (χ1) is 25.9. The molecule has 0 unspecified atom stereocenters. The lowest BCUT2D eigenvalue weighted by atomic mass is 10.0. The van der Waals surface area contributed by atoms with Gasteiger partial charge in [0, 0.05) is 19.8 Å². The van der Waals surface area contributed by atoms with E-state index in [2.05, 4.69) is 87.6 Å². The Bertz CT molecular complexity index is 1970. The number of methoxy groups -OCH3 is 1. The van der Waals surface area contributed by atoms with Crippen molar-refractivity contribution in [2.75, 3.05) is 26.9 Å².